The predicted molar refractivity (Wildman–Crippen MR) is 79.4 cm³/mol. The van der Waals surface area contributed by atoms with Crippen molar-refractivity contribution in [3.8, 4) is 12.0 Å². The van der Waals surface area contributed by atoms with Gasteiger partial charge in [0.1, 0.15) is 5.82 Å². The maximum absolute atomic E-state index is 12.8. The molecule has 5 heteroatoms. The average molecular weight is 303 g/mol. The Labute approximate surface area is 124 Å². The number of nitrogens with zero attached hydrogens (tertiary/aromatic N) is 1. The van der Waals surface area contributed by atoms with Gasteiger partial charge in [-0.1, -0.05) is 17.7 Å². The SMILES string of the molecule is Cc1ccc(S(=O)(=O)N(C)C#Cc2ccc(F)cc2)cc1. The highest BCUT2D eigenvalue weighted by Gasteiger charge is 2.17. The molecule has 0 spiro atoms. The first kappa shape index (κ1) is 15.1. The number of rotatable bonds is 2. The quantitative estimate of drug-likeness (QED) is 0.632. The van der Waals surface area contributed by atoms with Gasteiger partial charge in [0.15, 0.2) is 0 Å². The van der Waals surface area contributed by atoms with Crippen LogP contribution in [0.2, 0.25) is 0 Å². The lowest BCUT2D eigenvalue weighted by Gasteiger charge is -2.12. The van der Waals surface area contributed by atoms with E-state index < -0.39 is 10.0 Å². The van der Waals surface area contributed by atoms with Gasteiger partial charge < -0.3 is 0 Å². The summed E-state index contributed by atoms with van der Waals surface area (Å²) in [5, 5.41) is 0. The summed E-state index contributed by atoms with van der Waals surface area (Å²) in [5.41, 5.74) is 1.52. The van der Waals surface area contributed by atoms with Crippen LogP contribution < -0.4 is 0 Å². The maximum atomic E-state index is 12.8. The van der Waals surface area contributed by atoms with Gasteiger partial charge in [0.2, 0.25) is 0 Å². The van der Waals surface area contributed by atoms with Gasteiger partial charge in [-0.3, -0.25) is 0 Å². The summed E-state index contributed by atoms with van der Waals surface area (Å²) in [6.07, 6.45) is 0. The van der Waals surface area contributed by atoms with E-state index in [0.29, 0.717) is 5.56 Å². The zero-order chi connectivity index (χ0) is 15.5. The Morgan fingerprint density at radius 3 is 2.14 bits per heavy atom. The first-order valence-corrected chi connectivity index (χ1v) is 7.66. The standard InChI is InChI=1S/C16H14FNO2S/c1-13-3-9-16(10-4-13)21(19,20)18(2)12-11-14-5-7-15(17)8-6-14/h3-10H,1-2H3. The Bertz CT molecular complexity index is 785. The second-order valence-corrected chi connectivity index (χ2v) is 6.50. The van der Waals surface area contributed by atoms with E-state index in [9.17, 15) is 12.8 Å². The van der Waals surface area contributed by atoms with E-state index >= 15 is 0 Å². The minimum absolute atomic E-state index is 0.184. The molecular formula is C16H14FNO2S. The number of hydrogen-bond acceptors (Lipinski definition) is 2. The molecule has 0 aliphatic heterocycles. The van der Waals surface area contributed by atoms with Gasteiger partial charge in [0, 0.05) is 18.7 Å². The van der Waals surface area contributed by atoms with Crippen LogP contribution in [0.25, 0.3) is 0 Å². The zero-order valence-electron chi connectivity index (χ0n) is 11.7. The summed E-state index contributed by atoms with van der Waals surface area (Å²) in [5.74, 6) is 2.33. The van der Waals surface area contributed by atoms with Crippen molar-refractivity contribution >= 4 is 10.0 Å². The molecule has 0 atom stereocenters. The topological polar surface area (TPSA) is 37.4 Å². The van der Waals surface area contributed by atoms with Gasteiger partial charge >= 0.3 is 0 Å². The van der Waals surface area contributed by atoms with E-state index in [-0.39, 0.29) is 10.7 Å². The van der Waals surface area contributed by atoms with E-state index in [1.54, 1.807) is 24.3 Å². The molecule has 21 heavy (non-hydrogen) atoms. The van der Waals surface area contributed by atoms with Crippen LogP contribution in [-0.4, -0.2) is 19.8 Å². The van der Waals surface area contributed by atoms with Crippen LogP contribution in [-0.2, 0) is 10.0 Å². The molecule has 0 aromatic heterocycles. The summed E-state index contributed by atoms with van der Waals surface area (Å²) in [6, 6.07) is 14.6. The molecule has 0 aliphatic carbocycles. The number of hydrogen-bond donors (Lipinski definition) is 0. The predicted octanol–water partition coefficient (Wildman–Crippen LogP) is 2.76. The van der Waals surface area contributed by atoms with E-state index in [1.807, 2.05) is 6.92 Å². The molecule has 0 aliphatic rings. The van der Waals surface area contributed by atoms with Gasteiger partial charge in [0.05, 0.1) is 4.90 Å². The molecule has 0 radical (unpaired) electrons. The fourth-order valence-electron chi connectivity index (χ4n) is 1.60. The molecule has 0 amide bonds. The number of halogens is 1. The monoisotopic (exact) mass is 303 g/mol. The molecule has 0 saturated heterocycles. The first-order chi connectivity index (χ1) is 9.89. The van der Waals surface area contributed by atoms with Crippen LogP contribution in [0.3, 0.4) is 0 Å². The Hall–Kier alpha value is -2.32. The molecule has 3 nitrogen and oxygen atoms in total. The highest BCUT2D eigenvalue weighted by Crippen LogP contribution is 2.14. The molecule has 2 rings (SSSR count). The van der Waals surface area contributed by atoms with Crippen molar-refractivity contribution in [1.82, 2.24) is 4.31 Å². The fourth-order valence-corrected chi connectivity index (χ4v) is 2.57. The van der Waals surface area contributed by atoms with E-state index in [2.05, 4.69) is 12.0 Å². The van der Waals surface area contributed by atoms with Gasteiger partial charge in [-0.25, -0.2) is 17.1 Å². The second kappa shape index (κ2) is 5.98. The molecule has 2 aromatic rings. The molecule has 0 unspecified atom stereocenters. The molecule has 0 heterocycles. The summed E-state index contributed by atoms with van der Waals surface area (Å²) >= 11 is 0. The number of benzene rings is 2. The Morgan fingerprint density at radius 1 is 1.00 bits per heavy atom. The Balaban J connectivity index is 2.25. The second-order valence-electron chi connectivity index (χ2n) is 4.53. The van der Waals surface area contributed by atoms with Crippen molar-refractivity contribution in [1.29, 1.82) is 0 Å². The third-order valence-electron chi connectivity index (χ3n) is 2.88. The highest BCUT2D eigenvalue weighted by molar-refractivity contribution is 7.89. The van der Waals surface area contributed by atoms with Crippen LogP contribution in [0.5, 0.6) is 0 Å². The van der Waals surface area contributed by atoms with Crippen LogP contribution in [0.15, 0.2) is 53.4 Å². The van der Waals surface area contributed by atoms with Crippen molar-refractivity contribution in [2.45, 2.75) is 11.8 Å². The third-order valence-corrected chi connectivity index (χ3v) is 4.56. The molecule has 0 bridgehead atoms. The average Bonchev–Trinajstić information content (AvgIpc) is 2.46. The largest absolute Gasteiger partial charge is 0.270 e. The van der Waals surface area contributed by atoms with Crippen LogP contribution >= 0.6 is 0 Å². The van der Waals surface area contributed by atoms with Crippen molar-refractivity contribution in [2.24, 2.45) is 0 Å². The molecular weight excluding hydrogens is 289 g/mol. The van der Waals surface area contributed by atoms with Crippen molar-refractivity contribution < 1.29 is 12.8 Å². The number of sulfonamides is 1. The van der Waals surface area contributed by atoms with Crippen LogP contribution in [0, 0.1) is 24.7 Å². The smallest absolute Gasteiger partial charge is 0.227 e. The Kier molecular flexibility index (Phi) is 4.29. The molecule has 0 N–H and O–H groups in total. The van der Waals surface area contributed by atoms with Gasteiger partial charge in [-0.15, -0.1) is 0 Å². The third kappa shape index (κ3) is 3.61. The van der Waals surface area contributed by atoms with Gasteiger partial charge in [-0.2, -0.15) is 0 Å². The van der Waals surface area contributed by atoms with E-state index in [0.717, 1.165) is 9.87 Å². The Morgan fingerprint density at radius 2 is 1.57 bits per heavy atom. The zero-order valence-corrected chi connectivity index (χ0v) is 12.5. The van der Waals surface area contributed by atoms with Crippen LogP contribution in [0.1, 0.15) is 11.1 Å². The lowest BCUT2D eigenvalue weighted by molar-refractivity contribution is 0.547. The highest BCUT2D eigenvalue weighted by atomic mass is 32.2. The minimum atomic E-state index is -3.65. The van der Waals surface area contributed by atoms with Gasteiger partial charge in [0.25, 0.3) is 10.0 Å². The molecule has 0 saturated carbocycles. The van der Waals surface area contributed by atoms with Crippen molar-refractivity contribution in [3.05, 3.63) is 65.5 Å². The maximum Gasteiger partial charge on any atom is 0.270 e. The molecule has 0 fully saturated rings. The number of aryl methyl sites for hydroxylation is 1. The van der Waals surface area contributed by atoms with E-state index in [1.165, 1.54) is 31.3 Å². The van der Waals surface area contributed by atoms with Crippen molar-refractivity contribution in [2.75, 3.05) is 7.05 Å². The van der Waals surface area contributed by atoms with Gasteiger partial charge in [-0.05, 0) is 49.2 Å². The normalized spacial score (nSPS) is 10.6. The van der Waals surface area contributed by atoms with E-state index in [4.69, 9.17) is 0 Å². The lowest BCUT2D eigenvalue weighted by Crippen LogP contribution is -2.22. The fraction of sp³-hybridized carbons (Fsp3) is 0.125. The summed E-state index contributed by atoms with van der Waals surface area (Å²) in [7, 11) is -2.27. The first-order valence-electron chi connectivity index (χ1n) is 6.22. The lowest BCUT2D eigenvalue weighted by atomic mass is 10.2. The van der Waals surface area contributed by atoms with Crippen molar-refractivity contribution in [3.63, 3.8) is 0 Å². The summed E-state index contributed by atoms with van der Waals surface area (Å²) in [6.45, 7) is 1.88. The molecule has 2 aromatic carbocycles. The summed E-state index contributed by atoms with van der Waals surface area (Å²) in [4.78, 5) is 0.184. The minimum Gasteiger partial charge on any atom is -0.227 e. The van der Waals surface area contributed by atoms with Crippen LogP contribution in [0.4, 0.5) is 4.39 Å². The molecule has 108 valence electrons. The summed E-state index contributed by atoms with van der Waals surface area (Å²) < 4.78 is 38.3.